The van der Waals surface area contributed by atoms with E-state index >= 15 is 0 Å². The topological polar surface area (TPSA) is 75.4 Å². The molecule has 0 aromatic carbocycles. The number of nitrogens with one attached hydrogen (secondary N) is 1. The number of carbonyl (C=O) groups excluding carboxylic acids is 2. The molecule has 1 fully saturated rings. The Balaban J connectivity index is 1.39. The van der Waals surface area contributed by atoms with Crippen LogP contribution in [0.25, 0.3) is 0 Å². The van der Waals surface area contributed by atoms with Gasteiger partial charge in [-0.2, -0.15) is 11.3 Å². The molecule has 2 amide bonds. The normalized spacial score (nSPS) is 16.6. The molecule has 0 aliphatic carbocycles. The van der Waals surface area contributed by atoms with Crippen molar-refractivity contribution in [1.29, 1.82) is 0 Å². The van der Waals surface area contributed by atoms with E-state index in [4.69, 9.17) is 4.42 Å². The van der Waals surface area contributed by atoms with E-state index in [1.165, 1.54) is 23.2 Å². The van der Waals surface area contributed by atoms with Crippen LogP contribution in [0.4, 0.5) is 5.13 Å². The summed E-state index contributed by atoms with van der Waals surface area (Å²) in [5, 5.41) is 9.24. The number of likely N-dealkylation sites (tertiary alicyclic amines) is 1. The second-order valence-electron chi connectivity index (χ2n) is 6.47. The maximum atomic E-state index is 12.8. The molecule has 140 valence electrons. The molecule has 1 aliphatic heterocycles. The van der Waals surface area contributed by atoms with E-state index in [1.807, 2.05) is 15.7 Å². The van der Waals surface area contributed by atoms with Gasteiger partial charge < -0.3 is 9.32 Å². The van der Waals surface area contributed by atoms with Crippen LogP contribution in [0, 0.1) is 6.92 Å². The van der Waals surface area contributed by atoms with Crippen molar-refractivity contribution >= 4 is 39.6 Å². The summed E-state index contributed by atoms with van der Waals surface area (Å²) in [6, 6.07) is 3.89. The van der Waals surface area contributed by atoms with E-state index < -0.39 is 0 Å². The fourth-order valence-corrected chi connectivity index (χ4v) is 4.78. The first-order valence-corrected chi connectivity index (χ1v) is 10.6. The van der Waals surface area contributed by atoms with Crippen molar-refractivity contribution in [1.82, 2.24) is 9.88 Å². The molecule has 1 aliphatic rings. The highest BCUT2D eigenvalue weighted by atomic mass is 32.1. The van der Waals surface area contributed by atoms with Crippen LogP contribution >= 0.6 is 22.7 Å². The fourth-order valence-electron chi connectivity index (χ4n) is 3.36. The van der Waals surface area contributed by atoms with Crippen molar-refractivity contribution < 1.29 is 14.0 Å². The average Bonchev–Trinajstić information content (AvgIpc) is 3.42. The minimum absolute atomic E-state index is 0.0811. The van der Waals surface area contributed by atoms with Gasteiger partial charge in [-0.05, 0) is 48.2 Å². The SMILES string of the molecule is Cc1occc1C(=O)Nc1nc(CC(=O)N2CCCC2c2ccsc2)cs1. The summed E-state index contributed by atoms with van der Waals surface area (Å²) in [4.78, 5) is 31.4. The Hall–Kier alpha value is -2.45. The number of rotatable bonds is 5. The highest BCUT2D eigenvalue weighted by molar-refractivity contribution is 7.14. The predicted octanol–water partition coefficient (Wildman–Crippen LogP) is 4.26. The molecule has 1 saturated heterocycles. The lowest BCUT2D eigenvalue weighted by atomic mass is 10.1. The number of anilines is 1. The maximum Gasteiger partial charge on any atom is 0.260 e. The Morgan fingerprint density at radius 3 is 3.00 bits per heavy atom. The smallest absolute Gasteiger partial charge is 0.260 e. The summed E-state index contributed by atoms with van der Waals surface area (Å²) in [6.45, 7) is 2.52. The molecule has 8 heteroatoms. The minimum Gasteiger partial charge on any atom is -0.469 e. The zero-order chi connectivity index (χ0) is 18.8. The van der Waals surface area contributed by atoms with Gasteiger partial charge in [-0.25, -0.2) is 4.98 Å². The minimum atomic E-state index is -0.259. The van der Waals surface area contributed by atoms with Crippen LogP contribution in [-0.4, -0.2) is 28.2 Å². The number of amides is 2. The van der Waals surface area contributed by atoms with Gasteiger partial charge >= 0.3 is 0 Å². The van der Waals surface area contributed by atoms with Crippen molar-refractivity contribution in [3.05, 3.63) is 57.1 Å². The molecule has 0 spiro atoms. The second-order valence-corrected chi connectivity index (χ2v) is 8.11. The molecule has 0 saturated carbocycles. The van der Waals surface area contributed by atoms with Crippen LogP contribution in [0.2, 0.25) is 0 Å². The first-order chi connectivity index (χ1) is 13.1. The van der Waals surface area contributed by atoms with Gasteiger partial charge in [-0.1, -0.05) is 0 Å². The molecule has 1 atom stereocenters. The molecule has 27 heavy (non-hydrogen) atoms. The lowest BCUT2D eigenvalue weighted by molar-refractivity contribution is -0.131. The summed E-state index contributed by atoms with van der Waals surface area (Å²) in [7, 11) is 0. The van der Waals surface area contributed by atoms with Crippen molar-refractivity contribution in [2.75, 3.05) is 11.9 Å². The van der Waals surface area contributed by atoms with Gasteiger partial charge in [0.2, 0.25) is 5.91 Å². The Bertz CT molecular complexity index is 945. The van der Waals surface area contributed by atoms with Crippen molar-refractivity contribution in [2.24, 2.45) is 0 Å². The number of thiophene rings is 1. The van der Waals surface area contributed by atoms with E-state index in [0.29, 0.717) is 22.1 Å². The number of thiazole rings is 1. The monoisotopic (exact) mass is 401 g/mol. The summed E-state index contributed by atoms with van der Waals surface area (Å²) >= 11 is 2.98. The molecule has 3 aromatic heterocycles. The number of aryl methyl sites for hydroxylation is 1. The highest BCUT2D eigenvalue weighted by Crippen LogP contribution is 2.33. The van der Waals surface area contributed by atoms with E-state index in [0.717, 1.165) is 19.4 Å². The van der Waals surface area contributed by atoms with Crippen LogP contribution in [0.15, 0.2) is 39.0 Å². The molecule has 0 radical (unpaired) electrons. The van der Waals surface area contributed by atoms with Gasteiger partial charge in [-0.3, -0.25) is 14.9 Å². The number of aromatic nitrogens is 1. The third kappa shape index (κ3) is 3.81. The molecule has 4 rings (SSSR count). The van der Waals surface area contributed by atoms with Crippen LogP contribution in [0.5, 0.6) is 0 Å². The average molecular weight is 402 g/mol. The predicted molar refractivity (Wildman–Crippen MR) is 105 cm³/mol. The summed E-state index contributed by atoms with van der Waals surface area (Å²) in [6.07, 6.45) is 3.76. The Morgan fingerprint density at radius 2 is 2.26 bits per heavy atom. The number of nitrogens with zero attached hydrogens (tertiary/aromatic N) is 2. The summed E-state index contributed by atoms with van der Waals surface area (Å²) < 4.78 is 5.15. The lowest BCUT2D eigenvalue weighted by Crippen LogP contribution is -2.31. The quantitative estimate of drug-likeness (QED) is 0.693. The number of furan rings is 1. The van der Waals surface area contributed by atoms with Gasteiger partial charge in [0.1, 0.15) is 5.76 Å². The van der Waals surface area contributed by atoms with Crippen molar-refractivity contribution in [3.8, 4) is 0 Å². The van der Waals surface area contributed by atoms with E-state index in [2.05, 4.69) is 21.7 Å². The first kappa shape index (κ1) is 17.9. The van der Waals surface area contributed by atoms with E-state index in [-0.39, 0.29) is 24.3 Å². The van der Waals surface area contributed by atoms with Gasteiger partial charge in [0.25, 0.3) is 5.91 Å². The molecule has 0 bridgehead atoms. The Kier molecular flexibility index (Phi) is 5.09. The standard InChI is InChI=1S/C19H19N3O3S2/c1-12-15(4-7-25-12)18(24)21-19-20-14(11-27-19)9-17(23)22-6-2-3-16(22)13-5-8-26-10-13/h4-5,7-8,10-11,16H,2-3,6,9H2,1H3,(H,20,21,24). The molecule has 1 unspecified atom stereocenters. The molecule has 6 nitrogen and oxygen atoms in total. The fraction of sp³-hybridized carbons (Fsp3) is 0.316. The van der Waals surface area contributed by atoms with Crippen molar-refractivity contribution in [2.45, 2.75) is 32.2 Å². The first-order valence-electron chi connectivity index (χ1n) is 8.73. The Labute approximate surface area is 164 Å². The summed E-state index contributed by atoms with van der Waals surface area (Å²) in [5.41, 5.74) is 2.38. The molecule has 4 heterocycles. The van der Waals surface area contributed by atoms with Gasteiger partial charge in [-0.15, -0.1) is 11.3 Å². The maximum absolute atomic E-state index is 12.8. The number of hydrogen-bond donors (Lipinski definition) is 1. The number of hydrogen-bond acceptors (Lipinski definition) is 6. The zero-order valence-corrected chi connectivity index (χ0v) is 16.4. The van der Waals surface area contributed by atoms with Gasteiger partial charge in [0, 0.05) is 11.9 Å². The second kappa shape index (κ2) is 7.66. The third-order valence-corrected chi connectivity index (χ3v) is 6.22. The van der Waals surface area contributed by atoms with Crippen LogP contribution in [-0.2, 0) is 11.2 Å². The van der Waals surface area contributed by atoms with E-state index in [9.17, 15) is 9.59 Å². The van der Waals surface area contributed by atoms with Crippen molar-refractivity contribution in [3.63, 3.8) is 0 Å². The summed E-state index contributed by atoms with van der Waals surface area (Å²) in [5.74, 6) is 0.385. The molecular weight excluding hydrogens is 382 g/mol. The third-order valence-electron chi connectivity index (χ3n) is 4.71. The number of carbonyl (C=O) groups is 2. The zero-order valence-electron chi connectivity index (χ0n) is 14.8. The van der Waals surface area contributed by atoms with Gasteiger partial charge in [0.05, 0.1) is 30.0 Å². The van der Waals surface area contributed by atoms with Crippen LogP contribution < -0.4 is 5.32 Å². The van der Waals surface area contributed by atoms with Gasteiger partial charge in [0.15, 0.2) is 5.13 Å². The Morgan fingerprint density at radius 1 is 1.37 bits per heavy atom. The molecular formula is C19H19N3O3S2. The largest absolute Gasteiger partial charge is 0.469 e. The van der Waals surface area contributed by atoms with Crippen LogP contribution in [0.3, 0.4) is 0 Å². The lowest BCUT2D eigenvalue weighted by Gasteiger charge is -2.24. The molecule has 1 N–H and O–H groups in total. The highest BCUT2D eigenvalue weighted by Gasteiger charge is 2.30. The molecule has 3 aromatic rings. The van der Waals surface area contributed by atoms with Crippen LogP contribution in [0.1, 0.15) is 46.3 Å². The van der Waals surface area contributed by atoms with E-state index in [1.54, 1.807) is 24.3 Å².